The minimum absolute atomic E-state index is 0.00465. The molecule has 0 spiro atoms. The number of carbonyl (C=O) groups excluding carboxylic acids is 1. The van der Waals surface area contributed by atoms with Crippen molar-refractivity contribution < 1.29 is 14.7 Å². The zero-order valence-electron chi connectivity index (χ0n) is 10.7. The molecule has 2 aliphatic rings. The Morgan fingerprint density at radius 2 is 2.00 bits per heavy atom. The first kappa shape index (κ1) is 13.3. The third-order valence-electron chi connectivity index (χ3n) is 4.11. The molecular weight excluding hydrogens is 232 g/mol. The smallest absolute Gasteiger partial charge is 0.305 e. The average molecular weight is 254 g/mol. The molecule has 2 rings (SSSR count). The molecule has 0 bridgehead atoms. The van der Waals surface area contributed by atoms with Crippen LogP contribution in [0.15, 0.2) is 0 Å². The Balaban J connectivity index is 1.95. The predicted molar refractivity (Wildman–Crippen MR) is 67.2 cm³/mol. The van der Waals surface area contributed by atoms with Crippen LogP contribution in [0.2, 0.25) is 0 Å². The standard InChI is InChI=1S/C13H22N2O3/c16-11(17)8-13(5-1-2-6-13)15-12(18)10-4-3-7-14-9-10/h10,14H,1-9H2,(H,15,18)(H,16,17). The van der Waals surface area contributed by atoms with Gasteiger partial charge in [0.1, 0.15) is 0 Å². The van der Waals surface area contributed by atoms with Crippen LogP contribution in [0.3, 0.4) is 0 Å². The second-order valence-corrected chi connectivity index (χ2v) is 5.59. The predicted octanol–water partition coefficient (Wildman–Crippen LogP) is 0.890. The van der Waals surface area contributed by atoms with Crippen LogP contribution in [0.4, 0.5) is 0 Å². The fraction of sp³-hybridized carbons (Fsp3) is 0.846. The molecule has 1 unspecified atom stereocenters. The second kappa shape index (κ2) is 5.69. The maximum absolute atomic E-state index is 12.2. The van der Waals surface area contributed by atoms with Crippen LogP contribution in [0.1, 0.15) is 44.9 Å². The van der Waals surface area contributed by atoms with Gasteiger partial charge in [0.15, 0.2) is 0 Å². The molecule has 18 heavy (non-hydrogen) atoms. The maximum Gasteiger partial charge on any atom is 0.305 e. The summed E-state index contributed by atoms with van der Waals surface area (Å²) in [6.07, 6.45) is 5.59. The van der Waals surface area contributed by atoms with E-state index in [9.17, 15) is 9.59 Å². The van der Waals surface area contributed by atoms with Gasteiger partial charge < -0.3 is 15.7 Å². The minimum Gasteiger partial charge on any atom is -0.481 e. The van der Waals surface area contributed by atoms with Crippen molar-refractivity contribution in [3.05, 3.63) is 0 Å². The lowest BCUT2D eigenvalue weighted by atomic mass is 9.90. The van der Waals surface area contributed by atoms with Crippen LogP contribution in [0.25, 0.3) is 0 Å². The van der Waals surface area contributed by atoms with Crippen LogP contribution in [0.5, 0.6) is 0 Å². The fourth-order valence-corrected chi connectivity index (χ4v) is 3.13. The molecule has 1 saturated carbocycles. The number of nitrogens with one attached hydrogen (secondary N) is 2. The van der Waals surface area contributed by atoms with Crippen LogP contribution < -0.4 is 10.6 Å². The highest BCUT2D eigenvalue weighted by molar-refractivity contribution is 5.81. The van der Waals surface area contributed by atoms with Crippen molar-refractivity contribution in [3.63, 3.8) is 0 Å². The lowest BCUT2D eigenvalue weighted by Crippen LogP contribution is -2.52. The van der Waals surface area contributed by atoms with Gasteiger partial charge in [-0.25, -0.2) is 0 Å². The summed E-state index contributed by atoms with van der Waals surface area (Å²) in [4.78, 5) is 23.2. The third-order valence-corrected chi connectivity index (χ3v) is 4.11. The van der Waals surface area contributed by atoms with Crippen LogP contribution >= 0.6 is 0 Å². The van der Waals surface area contributed by atoms with Crippen molar-refractivity contribution in [2.75, 3.05) is 13.1 Å². The van der Waals surface area contributed by atoms with E-state index in [1.54, 1.807) is 0 Å². The van der Waals surface area contributed by atoms with Gasteiger partial charge in [0.25, 0.3) is 0 Å². The molecule has 2 fully saturated rings. The van der Waals surface area contributed by atoms with Crippen molar-refractivity contribution in [1.82, 2.24) is 10.6 Å². The number of carboxylic acid groups (broad SMARTS) is 1. The quantitative estimate of drug-likeness (QED) is 0.696. The van der Waals surface area contributed by atoms with E-state index in [0.29, 0.717) is 0 Å². The third kappa shape index (κ3) is 3.22. The van der Waals surface area contributed by atoms with Gasteiger partial charge >= 0.3 is 5.97 Å². The molecule has 0 aromatic heterocycles. The molecule has 1 aliphatic heterocycles. The molecule has 1 amide bonds. The minimum atomic E-state index is -0.820. The number of amides is 1. The highest BCUT2D eigenvalue weighted by Crippen LogP contribution is 2.33. The molecule has 1 aliphatic carbocycles. The van der Waals surface area contributed by atoms with Crippen LogP contribution in [-0.2, 0) is 9.59 Å². The monoisotopic (exact) mass is 254 g/mol. The Labute approximate surface area is 107 Å². The van der Waals surface area contributed by atoms with E-state index in [1.165, 1.54) is 0 Å². The first-order valence-corrected chi connectivity index (χ1v) is 6.86. The summed E-state index contributed by atoms with van der Waals surface area (Å²) < 4.78 is 0. The Kier molecular flexibility index (Phi) is 4.22. The highest BCUT2D eigenvalue weighted by atomic mass is 16.4. The highest BCUT2D eigenvalue weighted by Gasteiger charge is 2.38. The molecule has 1 heterocycles. The van der Waals surface area contributed by atoms with Gasteiger partial charge in [0, 0.05) is 6.54 Å². The van der Waals surface area contributed by atoms with Gasteiger partial charge in [-0.05, 0) is 32.2 Å². The molecule has 5 nitrogen and oxygen atoms in total. The number of aliphatic carboxylic acids is 1. The van der Waals surface area contributed by atoms with Gasteiger partial charge in [-0.2, -0.15) is 0 Å². The van der Waals surface area contributed by atoms with E-state index < -0.39 is 11.5 Å². The molecule has 3 N–H and O–H groups in total. The van der Waals surface area contributed by atoms with Crippen molar-refractivity contribution in [3.8, 4) is 0 Å². The Morgan fingerprint density at radius 3 is 2.56 bits per heavy atom. The summed E-state index contributed by atoms with van der Waals surface area (Å²) in [5, 5.41) is 15.2. The Bertz CT molecular complexity index is 318. The first-order chi connectivity index (χ1) is 8.61. The summed E-state index contributed by atoms with van der Waals surface area (Å²) in [6.45, 7) is 1.69. The molecule has 0 aromatic rings. The molecule has 1 atom stereocenters. The van der Waals surface area contributed by atoms with Gasteiger partial charge in [-0.1, -0.05) is 12.8 Å². The van der Waals surface area contributed by atoms with Crippen molar-refractivity contribution >= 4 is 11.9 Å². The van der Waals surface area contributed by atoms with Crippen molar-refractivity contribution in [2.45, 2.75) is 50.5 Å². The zero-order valence-corrected chi connectivity index (χ0v) is 10.7. The van der Waals surface area contributed by atoms with E-state index in [4.69, 9.17) is 5.11 Å². The van der Waals surface area contributed by atoms with Gasteiger partial charge in [0.2, 0.25) is 5.91 Å². The molecule has 0 aromatic carbocycles. The van der Waals surface area contributed by atoms with E-state index in [-0.39, 0.29) is 18.2 Å². The topological polar surface area (TPSA) is 78.4 Å². The van der Waals surface area contributed by atoms with Crippen LogP contribution in [0, 0.1) is 5.92 Å². The molecule has 102 valence electrons. The second-order valence-electron chi connectivity index (χ2n) is 5.59. The molecule has 5 heteroatoms. The molecule has 0 radical (unpaired) electrons. The first-order valence-electron chi connectivity index (χ1n) is 6.86. The summed E-state index contributed by atoms with van der Waals surface area (Å²) in [5.74, 6) is -0.783. The number of hydrogen-bond donors (Lipinski definition) is 3. The van der Waals surface area contributed by atoms with E-state index in [2.05, 4.69) is 10.6 Å². The average Bonchev–Trinajstić information content (AvgIpc) is 2.77. The molecule has 1 saturated heterocycles. The normalized spacial score (nSPS) is 26.8. The Hall–Kier alpha value is -1.10. The molecular formula is C13H22N2O3. The number of hydrogen-bond acceptors (Lipinski definition) is 3. The van der Waals surface area contributed by atoms with Gasteiger partial charge in [0.05, 0.1) is 17.9 Å². The number of carboxylic acids is 1. The summed E-state index contributed by atoms with van der Waals surface area (Å²) in [5.41, 5.74) is -0.486. The van der Waals surface area contributed by atoms with E-state index in [0.717, 1.165) is 51.6 Å². The van der Waals surface area contributed by atoms with Crippen molar-refractivity contribution in [2.24, 2.45) is 5.92 Å². The van der Waals surface area contributed by atoms with Crippen LogP contribution in [-0.4, -0.2) is 35.6 Å². The Morgan fingerprint density at radius 1 is 1.28 bits per heavy atom. The SMILES string of the molecule is O=C(O)CC1(NC(=O)C2CCCNC2)CCCC1. The zero-order chi connectivity index (χ0) is 13.0. The summed E-state index contributed by atoms with van der Waals surface area (Å²) in [6, 6.07) is 0. The lowest BCUT2D eigenvalue weighted by molar-refractivity contribution is -0.139. The number of piperidine rings is 1. The fourth-order valence-electron chi connectivity index (χ4n) is 3.13. The van der Waals surface area contributed by atoms with Gasteiger partial charge in [-0.15, -0.1) is 0 Å². The van der Waals surface area contributed by atoms with Crippen molar-refractivity contribution in [1.29, 1.82) is 0 Å². The number of carbonyl (C=O) groups is 2. The van der Waals surface area contributed by atoms with Gasteiger partial charge in [-0.3, -0.25) is 9.59 Å². The van der Waals surface area contributed by atoms with E-state index >= 15 is 0 Å². The lowest BCUT2D eigenvalue weighted by Gasteiger charge is -2.32. The maximum atomic E-state index is 12.2. The summed E-state index contributed by atoms with van der Waals surface area (Å²) >= 11 is 0. The van der Waals surface area contributed by atoms with E-state index in [1.807, 2.05) is 0 Å². The summed E-state index contributed by atoms with van der Waals surface area (Å²) in [7, 11) is 0. The number of rotatable bonds is 4. The largest absolute Gasteiger partial charge is 0.481 e.